The van der Waals surface area contributed by atoms with Gasteiger partial charge in [-0.3, -0.25) is 0 Å². The molecule has 0 aromatic rings. The van der Waals surface area contributed by atoms with E-state index in [0.717, 1.165) is 6.42 Å². The molecule has 0 saturated carbocycles. The van der Waals surface area contributed by atoms with Crippen molar-refractivity contribution in [2.75, 3.05) is 19.8 Å². The molecule has 0 bridgehead atoms. The van der Waals surface area contributed by atoms with E-state index in [4.69, 9.17) is 10.5 Å². The number of rotatable bonds is 1. The number of halogens is 2. The van der Waals surface area contributed by atoms with Crippen molar-refractivity contribution in [1.29, 1.82) is 0 Å². The average molecular weight is 170 g/mol. The maximum absolute atomic E-state index is 13.1. The third-order valence-corrected chi connectivity index (χ3v) is 1.64. The molecule has 0 spiro atoms. The Labute approximate surface area is 66.3 Å². The first-order chi connectivity index (χ1) is 4.27. The van der Waals surface area contributed by atoms with Crippen LogP contribution in [0.4, 0.5) is 4.39 Å². The van der Waals surface area contributed by atoms with Crippen LogP contribution in [0.5, 0.6) is 0 Å². The van der Waals surface area contributed by atoms with Gasteiger partial charge in [-0.1, -0.05) is 0 Å². The molecular weight excluding hydrogens is 157 g/mol. The molecule has 2 N–H and O–H groups in total. The molecule has 4 heteroatoms. The summed E-state index contributed by atoms with van der Waals surface area (Å²) < 4.78 is 18.0. The van der Waals surface area contributed by atoms with Gasteiger partial charge in [-0.2, -0.15) is 0 Å². The molecule has 1 fully saturated rings. The lowest BCUT2D eigenvalue weighted by atomic mass is 9.99. The molecule has 1 aliphatic heterocycles. The number of hydrogen-bond acceptors (Lipinski definition) is 2. The van der Waals surface area contributed by atoms with Crippen LogP contribution in [-0.4, -0.2) is 25.4 Å². The van der Waals surface area contributed by atoms with E-state index in [2.05, 4.69) is 0 Å². The number of alkyl halides is 1. The van der Waals surface area contributed by atoms with Crippen molar-refractivity contribution in [2.24, 2.45) is 5.73 Å². The van der Waals surface area contributed by atoms with Crippen molar-refractivity contribution >= 4 is 12.4 Å². The molecule has 1 heterocycles. The maximum Gasteiger partial charge on any atom is 0.146 e. The molecule has 62 valence electrons. The lowest BCUT2D eigenvalue weighted by Gasteiger charge is -2.27. The van der Waals surface area contributed by atoms with Crippen molar-refractivity contribution in [3.05, 3.63) is 0 Å². The molecule has 1 atom stereocenters. The van der Waals surface area contributed by atoms with Gasteiger partial charge in [0.2, 0.25) is 0 Å². The minimum Gasteiger partial charge on any atom is -0.378 e. The standard InChI is InChI=1S/C6H12FNO.ClH/c7-6(4-8)2-1-3-9-5-6;/h1-5,8H2;1H. The predicted octanol–water partition coefficient (Wildman–Crippen LogP) is 0.886. The smallest absolute Gasteiger partial charge is 0.146 e. The zero-order chi connectivity index (χ0) is 6.74. The van der Waals surface area contributed by atoms with E-state index in [9.17, 15) is 4.39 Å². The van der Waals surface area contributed by atoms with Crippen LogP contribution >= 0.6 is 12.4 Å². The first-order valence-electron chi connectivity index (χ1n) is 3.24. The van der Waals surface area contributed by atoms with Crippen LogP contribution in [0.1, 0.15) is 12.8 Å². The Kier molecular flexibility index (Phi) is 4.17. The van der Waals surface area contributed by atoms with Crippen LogP contribution in [0.25, 0.3) is 0 Å². The molecule has 1 saturated heterocycles. The summed E-state index contributed by atoms with van der Waals surface area (Å²) in [5, 5.41) is 0. The van der Waals surface area contributed by atoms with Gasteiger partial charge in [-0.15, -0.1) is 12.4 Å². The second-order valence-electron chi connectivity index (χ2n) is 2.51. The molecule has 0 amide bonds. The number of hydrogen-bond donors (Lipinski definition) is 1. The van der Waals surface area contributed by atoms with Crippen molar-refractivity contribution in [2.45, 2.75) is 18.5 Å². The van der Waals surface area contributed by atoms with Crippen molar-refractivity contribution < 1.29 is 9.13 Å². The van der Waals surface area contributed by atoms with Crippen LogP contribution in [0, 0.1) is 0 Å². The molecule has 0 aromatic heterocycles. The Hall–Kier alpha value is 0.140. The van der Waals surface area contributed by atoms with Gasteiger partial charge in [-0.05, 0) is 12.8 Å². The highest BCUT2D eigenvalue weighted by atomic mass is 35.5. The summed E-state index contributed by atoms with van der Waals surface area (Å²) in [6.45, 7) is 0.960. The van der Waals surface area contributed by atoms with Gasteiger partial charge in [0, 0.05) is 13.2 Å². The summed E-state index contributed by atoms with van der Waals surface area (Å²) in [5.74, 6) is 0. The van der Waals surface area contributed by atoms with Crippen molar-refractivity contribution in [1.82, 2.24) is 0 Å². The second kappa shape index (κ2) is 4.11. The quantitative estimate of drug-likeness (QED) is 0.633. The van der Waals surface area contributed by atoms with E-state index in [0.29, 0.717) is 13.0 Å². The van der Waals surface area contributed by atoms with E-state index in [1.165, 1.54) is 0 Å². The Balaban J connectivity index is 0.000000810. The van der Waals surface area contributed by atoms with Crippen LogP contribution < -0.4 is 5.73 Å². The zero-order valence-corrected chi connectivity index (χ0v) is 6.62. The minimum absolute atomic E-state index is 0. The fraction of sp³-hybridized carbons (Fsp3) is 1.00. The summed E-state index contributed by atoms with van der Waals surface area (Å²) >= 11 is 0. The van der Waals surface area contributed by atoms with Gasteiger partial charge >= 0.3 is 0 Å². The topological polar surface area (TPSA) is 35.2 Å². The van der Waals surface area contributed by atoms with Crippen LogP contribution in [0.2, 0.25) is 0 Å². The SMILES string of the molecule is Cl.NCC1(F)CCCOC1. The van der Waals surface area contributed by atoms with Crippen LogP contribution in [0.3, 0.4) is 0 Å². The lowest BCUT2D eigenvalue weighted by molar-refractivity contribution is -0.0256. The highest BCUT2D eigenvalue weighted by Gasteiger charge is 2.30. The fourth-order valence-electron chi connectivity index (χ4n) is 0.979. The molecule has 2 nitrogen and oxygen atoms in total. The van der Waals surface area contributed by atoms with E-state index in [1.54, 1.807) is 0 Å². The highest BCUT2D eigenvalue weighted by Crippen LogP contribution is 2.21. The molecular formula is C6H13ClFNO. The average Bonchev–Trinajstić information content (AvgIpc) is 1.90. The molecule has 0 radical (unpaired) electrons. The van der Waals surface area contributed by atoms with E-state index < -0.39 is 5.67 Å². The fourth-order valence-corrected chi connectivity index (χ4v) is 0.979. The Morgan fingerprint density at radius 2 is 2.30 bits per heavy atom. The monoisotopic (exact) mass is 169 g/mol. The van der Waals surface area contributed by atoms with Crippen molar-refractivity contribution in [3.63, 3.8) is 0 Å². The number of nitrogens with two attached hydrogens (primary N) is 1. The Bertz CT molecular complexity index is 95.7. The van der Waals surface area contributed by atoms with Gasteiger partial charge in [0.05, 0.1) is 6.61 Å². The van der Waals surface area contributed by atoms with Crippen molar-refractivity contribution in [3.8, 4) is 0 Å². The molecule has 10 heavy (non-hydrogen) atoms. The maximum atomic E-state index is 13.1. The molecule has 1 unspecified atom stereocenters. The van der Waals surface area contributed by atoms with Crippen LogP contribution in [0.15, 0.2) is 0 Å². The third kappa shape index (κ3) is 2.40. The van der Waals surface area contributed by atoms with E-state index in [-0.39, 0.29) is 25.6 Å². The third-order valence-electron chi connectivity index (χ3n) is 1.64. The largest absolute Gasteiger partial charge is 0.378 e. The molecule has 1 aliphatic rings. The molecule has 1 rings (SSSR count). The highest BCUT2D eigenvalue weighted by molar-refractivity contribution is 5.85. The van der Waals surface area contributed by atoms with Crippen LogP contribution in [-0.2, 0) is 4.74 Å². The molecule has 0 aliphatic carbocycles. The van der Waals surface area contributed by atoms with Gasteiger partial charge in [0.25, 0.3) is 0 Å². The Morgan fingerprint density at radius 1 is 1.60 bits per heavy atom. The lowest BCUT2D eigenvalue weighted by Crippen LogP contribution is -2.41. The summed E-state index contributed by atoms with van der Waals surface area (Å²) in [7, 11) is 0. The summed E-state index contributed by atoms with van der Waals surface area (Å²) in [5.41, 5.74) is 3.96. The minimum atomic E-state index is -1.22. The van der Waals surface area contributed by atoms with Gasteiger partial charge in [0.15, 0.2) is 0 Å². The van der Waals surface area contributed by atoms with E-state index in [1.807, 2.05) is 0 Å². The van der Waals surface area contributed by atoms with E-state index >= 15 is 0 Å². The summed E-state index contributed by atoms with van der Waals surface area (Å²) in [4.78, 5) is 0. The predicted molar refractivity (Wildman–Crippen MR) is 40.2 cm³/mol. The first-order valence-corrected chi connectivity index (χ1v) is 3.24. The number of ether oxygens (including phenoxy) is 1. The first kappa shape index (κ1) is 10.1. The van der Waals surface area contributed by atoms with Gasteiger partial charge in [-0.25, -0.2) is 4.39 Å². The second-order valence-corrected chi connectivity index (χ2v) is 2.51. The van der Waals surface area contributed by atoms with Gasteiger partial charge < -0.3 is 10.5 Å². The molecule has 0 aromatic carbocycles. The van der Waals surface area contributed by atoms with Gasteiger partial charge in [0.1, 0.15) is 5.67 Å². The Morgan fingerprint density at radius 3 is 2.60 bits per heavy atom. The summed E-state index contributed by atoms with van der Waals surface area (Å²) in [6.07, 6.45) is 1.36. The zero-order valence-electron chi connectivity index (χ0n) is 5.81. The summed E-state index contributed by atoms with van der Waals surface area (Å²) in [6, 6.07) is 0. The normalized spacial score (nSPS) is 33.0.